The third-order valence-electron chi connectivity index (χ3n) is 6.03. The summed E-state index contributed by atoms with van der Waals surface area (Å²) in [6, 6.07) is 10.3. The Morgan fingerprint density at radius 2 is 1.97 bits per heavy atom. The van der Waals surface area contributed by atoms with Crippen molar-refractivity contribution in [2.75, 3.05) is 5.75 Å². The van der Waals surface area contributed by atoms with Crippen molar-refractivity contribution in [3.8, 4) is 0 Å². The second kappa shape index (κ2) is 8.55. The Balaban J connectivity index is 1.46. The van der Waals surface area contributed by atoms with E-state index < -0.39 is 0 Å². The molecule has 2 aliphatic rings. The maximum atomic E-state index is 13.5. The van der Waals surface area contributed by atoms with Gasteiger partial charge in [-0.1, -0.05) is 54.9 Å². The average molecular weight is 440 g/mol. The molecule has 0 unspecified atom stereocenters. The highest BCUT2D eigenvalue weighted by molar-refractivity contribution is 7.99. The van der Waals surface area contributed by atoms with E-state index in [1.165, 1.54) is 35.0 Å². The molecule has 0 aliphatic heterocycles. The third-order valence-corrected chi connectivity index (χ3v) is 8.19. The van der Waals surface area contributed by atoms with Crippen LogP contribution in [0.4, 0.5) is 0 Å². The van der Waals surface area contributed by atoms with Crippen LogP contribution in [-0.2, 0) is 24.2 Å². The van der Waals surface area contributed by atoms with Gasteiger partial charge in [0.05, 0.1) is 17.7 Å². The van der Waals surface area contributed by atoms with Crippen molar-refractivity contribution in [1.82, 2.24) is 14.9 Å². The highest BCUT2D eigenvalue weighted by Crippen LogP contribution is 2.35. The molecule has 1 fully saturated rings. The fraction of sp³-hybridized carbons (Fsp3) is 0.435. The van der Waals surface area contributed by atoms with Crippen LogP contribution >= 0.6 is 23.1 Å². The van der Waals surface area contributed by atoms with Crippen LogP contribution < -0.4 is 10.9 Å². The molecule has 0 atom stereocenters. The van der Waals surface area contributed by atoms with E-state index in [4.69, 9.17) is 4.98 Å². The number of fused-ring (bicyclic) bond motifs is 3. The van der Waals surface area contributed by atoms with Crippen LogP contribution in [0.25, 0.3) is 10.2 Å². The van der Waals surface area contributed by atoms with Crippen molar-refractivity contribution in [3.05, 3.63) is 56.7 Å². The quantitative estimate of drug-likeness (QED) is 0.463. The topological polar surface area (TPSA) is 64.0 Å². The maximum Gasteiger partial charge on any atom is 0.263 e. The van der Waals surface area contributed by atoms with Gasteiger partial charge in [0.25, 0.3) is 5.56 Å². The van der Waals surface area contributed by atoms with E-state index in [1.807, 2.05) is 30.3 Å². The molecule has 156 valence electrons. The van der Waals surface area contributed by atoms with Crippen LogP contribution in [0.15, 0.2) is 40.3 Å². The lowest BCUT2D eigenvalue weighted by Gasteiger charge is -2.14. The molecule has 1 saturated carbocycles. The minimum Gasteiger partial charge on any atom is -0.353 e. The smallest absolute Gasteiger partial charge is 0.263 e. The molecule has 1 N–H and O–H groups in total. The first-order valence-corrected chi connectivity index (χ1v) is 12.5. The number of amides is 1. The van der Waals surface area contributed by atoms with Crippen LogP contribution in [-0.4, -0.2) is 27.3 Å². The van der Waals surface area contributed by atoms with Crippen LogP contribution in [0, 0.1) is 0 Å². The Morgan fingerprint density at radius 3 is 2.77 bits per heavy atom. The second-order valence-electron chi connectivity index (χ2n) is 8.15. The van der Waals surface area contributed by atoms with Crippen molar-refractivity contribution < 1.29 is 4.79 Å². The Labute approximate surface area is 183 Å². The monoisotopic (exact) mass is 439 g/mol. The molecule has 2 aromatic heterocycles. The molecule has 0 saturated heterocycles. The van der Waals surface area contributed by atoms with Crippen molar-refractivity contribution in [2.24, 2.45) is 0 Å². The Bertz CT molecular complexity index is 1130. The predicted octanol–water partition coefficient (Wildman–Crippen LogP) is 4.15. The highest BCUT2D eigenvalue weighted by Gasteiger charge is 2.24. The molecular formula is C23H25N3O2S2. The first-order chi connectivity index (χ1) is 14.7. The third kappa shape index (κ3) is 3.93. The van der Waals surface area contributed by atoms with E-state index in [9.17, 15) is 9.59 Å². The summed E-state index contributed by atoms with van der Waals surface area (Å²) in [6.07, 6.45) is 7.65. The summed E-state index contributed by atoms with van der Waals surface area (Å²) in [5.74, 6) is 0.315. The first-order valence-electron chi connectivity index (χ1n) is 10.7. The normalized spacial score (nSPS) is 16.3. The molecule has 1 aromatic carbocycles. The van der Waals surface area contributed by atoms with Gasteiger partial charge in [-0.05, 0) is 43.2 Å². The molecule has 2 aliphatic carbocycles. The van der Waals surface area contributed by atoms with Crippen molar-refractivity contribution in [1.29, 1.82) is 0 Å². The molecule has 5 rings (SSSR count). The standard InChI is InChI=1S/C23H25N3O2S2/c27-19(24-16-9-4-5-10-16)14-29-23-25-21-20(17-11-6-12-18(17)30-21)22(28)26(23)13-15-7-2-1-3-8-15/h1-3,7-8,16H,4-6,9-14H2,(H,24,27). The minimum atomic E-state index is 0.0289. The summed E-state index contributed by atoms with van der Waals surface area (Å²) in [5, 5.41) is 4.56. The number of benzene rings is 1. The number of thioether (sulfide) groups is 1. The number of aromatic nitrogens is 2. The van der Waals surface area contributed by atoms with Gasteiger partial charge >= 0.3 is 0 Å². The predicted molar refractivity (Wildman–Crippen MR) is 123 cm³/mol. The largest absolute Gasteiger partial charge is 0.353 e. The molecule has 0 bridgehead atoms. The van der Waals surface area contributed by atoms with E-state index in [0.717, 1.165) is 47.9 Å². The molecule has 3 aromatic rings. The lowest BCUT2D eigenvalue weighted by molar-refractivity contribution is -0.119. The molecule has 1 amide bonds. The number of carbonyl (C=O) groups excluding carboxylic acids is 1. The minimum absolute atomic E-state index is 0.0289. The van der Waals surface area contributed by atoms with Gasteiger partial charge in [0.15, 0.2) is 5.16 Å². The number of carbonyl (C=O) groups is 1. The fourth-order valence-corrected chi connectivity index (χ4v) is 6.66. The van der Waals surface area contributed by atoms with Gasteiger partial charge in [0.1, 0.15) is 4.83 Å². The zero-order chi connectivity index (χ0) is 20.5. The number of hydrogen-bond acceptors (Lipinski definition) is 5. The lowest BCUT2D eigenvalue weighted by Crippen LogP contribution is -2.34. The van der Waals surface area contributed by atoms with Crippen molar-refractivity contribution in [3.63, 3.8) is 0 Å². The van der Waals surface area contributed by atoms with Crippen LogP contribution in [0.1, 0.15) is 48.1 Å². The highest BCUT2D eigenvalue weighted by atomic mass is 32.2. The number of nitrogens with zero attached hydrogens (tertiary/aromatic N) is 2. The number of rotatable bonds is 6. The van der Waals surface area contributed by atoms with Gasteiger partial charge in [-0.2, -0.15) is 0 Å². The van der Waals surface area contributed by atoms with Gasteiger partial charge in [-0.25, -0.2) is 4.98 Å². The number of nitrogens with one attached hydrogen (secondary N) is 1. The van der Waals surface area contributed by atoms with Crippen LogP contribution in [0.5, 0.6) is 0 Å². The van der Waals surface area contributed by atoms with E-state index in [2.05, 4.69) is 5.32 Å². The van der Waals surface area contributed by atoms with Crippen molar-refractivity contribution in [2.45, 2.75) is 62.7 Å². The zero-order valence-corrected chi connectivity index (χ0v) is 18.5. The Hall–Kier alpha value is -2.12. The number of hydrogen-bond donors (Lipinski definition) is 1. The number of aryl methyl sites for hydroxylation is 2. The zero-order valence-electron chi connectivity index (χ0n) is 16.9. The molecule has 5 nitrogen and oxygen atoms in total. The van der Waals surface area contributed by atoms with E-state index in [1.54, 1.807) is 15.9 Å². The number of thiophene rings is 1. The van der Waals surface area contributed by atoms with Gasteiger partial charge in [0.2, 0.25) is 5.91 Å². The molecule has 7 heteroatoms. The Morgan fingerprint density at radius 1 is 1.17 bits per heavy atom. The van der Waals surface area contributed by atoms with E-state index >= 15 is 0 Å². The summed E-state index contributed by atoms with van der Waals surface area (Å²) in [7, 11) is 0. The molecule has 2 heterocycles. The SMILES string of the molecule is O=C(CSc1nc2sc3c(c2c(=O)n1Cc1ccccc1)CCC3)NC1CCCC1. The molecule has 30 heavy (non-hydrogen) atoms. The van der Waals surface area contributed by atoms with Crippen molar-refractivity contribution >= 4 is 39.2 Å². The summed E-state index contributed by atoms with van der Waals surface area (Å²) in [6.45, 7) is 0.472. The van der Waals surface area contributed by atoms with E-state index in [0.29, 0.717) is 17.7 Å². The van der Waals surface area contributed by atoms with Crippen LogP contribution in [0.2, 0.25) is 0 Å². The average Bonchev–Trinajstić information content (AvgIpc) is 3.47. The maximum absolute atomic E-state index is 13.5. The van der Waals surface area contributed by atoms with Gasteiger partial charge in [0, 0.05) is 10.9 Å². The molecular weight excluding hydrogens is 414 g/mol. The summed E-state index contributed by atoms with van der Waals surface area (Å²) in [4.78, 5) is 33.0. The Kier molecular flexibility index (Phi) is 5.65. The first kappa shape index (κ1) is 19.8. The van der Waals surface area contributed by atoms with Crippen LogP contribution in [0.3, 0.4) is 0 Å². The van der Waals surface area contributed by atoms with Gasteiger partial charge in [-0.15, -0.1) is 11.3 Å². The fourth-order valence-electron chi connectivity index (χ4n) is 4.54. The summed E-state index contributed by atoms with van der Waals surface area (Å²) in [5.41, 5.74) is 2.29. The summed E-state index contributed by atoms with van der Waals surface area (Å²) >= 11 is 3.03. The summed E-state index contributed by atoms with van der Waals surface area (Å²) < 4.78 is 1.76. The lowest BCUT2D eigenvalue weighted by atomic mass is 10.2. The molecule has 0 radical (unpaired) electrons. The molecule has 0 spiro atoms. The van der Waals surface area contributed by atoms with Gasteiger partial charge < -0.3 is 5.32 Å². The second-order valence-corrected chi connectivity index (χ2v) is 10.2. The van der Waals surface area contributed by atoms with Gasteiger partial charge in [-0.3, -0.25) is 14.2 Å². The van der Waals surface area contributed by atoms with E-state index in [-0.39, 0.29) is 17.2 Å².